The average molecular weight is 449 g/mol. The van der Waals surface area contributed by atoms with Crippen LogP contribution in [0.25, 0.3) is 0 Å². The first kappa shape index (κ1) is 20.9. The first-order valence-corrected chi connectivity index (χ1v) is 10.5. The van der Waals surface area contributed by atoms with Gasteiger partial charge >= 0.3 is 0 Å². The molecule has 1 atom stereocenters. The van der Waals surface area contributed by atoms with Gasteiger partial charge in [0.2, 0.25) is 10.0 Å². The summed E-state index contributed by atoms with van der Waals surface area (Å²) in [7, 11) is -2.64. The fourth-order valence-corrected chi connectivity index (χ4v) is 4.81. The average Bonchev–Trinajstić information content (AvgIpc) is 3.02. The molecular formula is C19H17F2N5O4S. The number of ether oxygens (including phenoxy) is 1. The zero-order chi connectivity index (χ0) is 22.4. The van der Waals surface area contributed by atoms with Gasteiger partial charge in [0.15, 0.2) is 23.1 Å². The number of carbonyl (C=O) groups excluding carboxylic acids is 1. The van der Waals surface area contributed by atoms with Crippen LogP contribution in [0.1, 0.15) is 23.1 Å². The van der Waals surface area contributed by atoms with Gasteiger partial charge in [0.05, 0.1) is 11.9 Å². The second-order valence-electron chi connectivity index (χ2n) is 7.18. The third kappa shape index (κ3) is 3.75. The molecule has 2 N–H and O–H groups in total. The number of rotatable bonds is 3. The zero-order valence-corrected chi connectivity index (χ0v) is 17.2. The Labute approximate surface area is 176 Å². The monoisotopic (exact) mass is 449 g/mol. The lowest BCUT2D eigenvalue weighted by Gasteiger charge is -2.26. The smallest absolute Gasteiger partial charge is 0.276 e. The molecule has 0 saturated heterocycles. The van der Waals surface area contributed by atoms with Crippen molar-refractivity contribution in [3.8, 4) is 5.75 Å². The van der Waals surface area contributed by atoms with E-state index >= 15 is 0 Å². The number of benzene rings is 1. The van der Waals surface area contributed by atoms with Crippen molar-refractivity contribution in [2.75, 3.05) is 11.9 Å². The number of anilines is 1. The second kappa shape index (κ2) is 7.39. The van der Waals surface area contributed by atoms with Crippen LogP contribution in [0.5, 0.6) is 5.75 Å². The van der Waals surface area contributed by atoms with Crippen molar-refractivity contribution in [3.63, 3.8) is 0 Å². The lowest BCUT2D eigenvalue weighted by atomic mass is 10.0. The van der Waals surface area contributed by atoms with Crippen LogP contribution < -0.4 is 14.8 Å². The summed E-state index contributed by atoms with van der Waals surface area (Å²) >= 11 is 0. The van der Waals surface area contributed by atoms with E-state index in [1.54, 1.807) is 6.92 Å². The Hall–Kier alpha value is -3.38. The van der Waals surface area contributed by atoms with Crippen molar-refractivity contribution in [1.82, 2.24) is 19.3 Å². The lowest BCUT2D eigenvalue weighted by molar-refractivity contribution is 0.101. The molecule has 0 radical (unpaired) electrons. The van der Waals surface area contributed by atoms with E-state index in [2.05, 4.69) is 20.0 Å². The van der Waals surface area contributed by atoms with E-state index in [0.29, 0.717) is 5.69 Å². The van der Waals surface area contributed by atoms with Crippen molar-refractivity contribution in [3.05, 3.63) is 66.0 Å². The third-order valence-electron chi connectivity index (χ3n) is 4.78. The maximum Gasteiger partial charge on any atom is 0.276 e. The van der Waals surface area contributed by atoms with E-state index in [1.165, 1.54) is 42.5 Å². The summed E-state index contributed by atoms with van der Waals surface area (Å²) in [4.78, 5) is 20.7. The number of amides is 1. The van der Waals surface area contributed by atoms with Crippen LogP contribution in [-0.2, 0) is 22.6 Å². The highest BCUT2D eigenvalue weighted by atomic mass is 32.2. The summed E-state index contributed by atoms with van der Waals surface area (Å²) in [6.45, 7) is 1.41. The Balaban J connectivity index is 1.72. The number of hydrogen-bond donors (Lipinski definition) is 2. The van der Waals surface area contributed by atoms with Crippen LogP contribution in [0, 0.1) is 11.6 Å². The maximum atomic E-state index is 13.5. The standard InChI is InChI=1S/C19H17F2N5O4S/c1-19(15-8-22-5-6-23-15)10-30-17-14(31(28,29)25-19)9-26(2)16(17)18(27)24-11-3-4-12(20)13(21)7-11/h3-9,25H,10H2,1-2H3,(H,24,27). The SMILES string of the molecule is Cn1cc2c(c1C(=O)Nc1ccc(F)c(F)c1)OCC(C)(c1cnccn1)NS2(=O)=O. The van der Waals surface area contributed by atoms with Crippen molar-refractivity contribution in [2.24, 2.45) is 7.05 Å². The highest BCUT2D eigenvalue weighted by Gasteiger charge is 2.42. The number of sulfonamides is 1. The summed E-state index contributed by atoms with van der Waals surface area (Å²) < 4.78 is 62.3. The van der Waals surface area contributed by atoms with Gasteiger partial charge in [0, 0.05) is 37.4 Å². The molecule has 9 nitrogen and oxygen atoms in total. The molecule has 3 aromatic rings. The molecule has 1 aliphatic heterocycles. The molecule has 4 rings (SSSR count). The highest BCUT2D eigenvalue weighted by Crippen LogP contribution is 2.36. The maximum absolute atomic E-state index is 13.5. The van der Waals surface area contributed by atoms with Crippen LogP contribution in [0.3, 0.4) is 0 Å². The van der Waals surface area contributed by atoms with Crippen LogP contribution >= 0.6 is 0 Å². The Morgan fingerprint density at radius 3 is 2.74 bits per heavy atom. The summed E-state index contributed by atoms with van der Waals surface area (Å²) in [6, 6.07) is 2.87. The highest BCUT2D eigenvalue weighted by molar-refractivity contribution is 7.89. The molecular weight excluding hydrogens is 432 g/mol. The van der Waals surface area contributed by atoms with Gasteiger partial charge in [-0.1, -0.05) is 0 Å². The molecule has 1 unspecified atom stereocenters. The number of aromatic nitrogens is 3. The van der Waals surface area contributed by atoms with E-state index < -0.39 is 33.1 Å². The molecule has 2 aromatic heterocycles. The normalized spacial score (nSPS) is 19.7. The number of hydrogen-bond acceptors (Lipinski definition) is 6. The first-order chi connectivity index (χ1) is 14.6. The molecule has 3 heterocycles. The van der Waals surface area contributed by atoms with Crippen molar-refractivity contribution in [2.45, 2.75) is 17.4 Å². The number of nitrogens with one attached hydrogen (secondary N) is 2. The Morgan fingerprint density at radius 1 is 1.29 bits per heavy atom. The number of aryl methyl sites for hydroxylation is 1. The van der Waals surface area contributed by atoms with Gasteiger partial charge in [-0.05, 0) is 19.1 Å². The van der Waals surface area contributed by atoms with Crippen molar-refractivity contribution in [1.29, 1.82) is 0 Å². The van der Waals surface area contributed by atoms with Gasteiger partial charge in [-0.25, -0.2) is 17.2 Å². The molecule has 0 aliphatic carbocycles. The van der Waals surface area contributed by atoms with E-state index in [-0.39, 0.29) is 28.6 Å². The Kier molecular flexibility index (Phi) is 4.98. The number of carbonyl (C=O) groups is 1. The molecule has 31 heavy (non-hydrogen) atoms. The number of halogens is 2. The molecule has 1 aliphatic rings. The van der Waals surface area contributed by atoms with E-state index in [4.69, 9.17) is 4.74 Å². The van der Waals surface area contributed by atoms with E-state index in [9.17, 15) is 22.0 Å². The molecule has 0 spiro atoms. The minimum atomic E-state index is -4.11. The van der Waals surface area contributed by atoms with Crippen LogP contribution in [-0.4, -0.2) is 35.5 Å². The van der Waals surface area contributed by atoms with E-state index in [1.807, 2.05) is 0 Å². The number of nitrogens with zero attached hydrogens (tertiary/aromatic N) is 3. The molecule has 162 valence electrons. The molecule has 12 heteroatoms. The lowest BCUT2D eigenvalue weighted by Crippen LogP contribution is -2.46. The summed E-state index contributed by atoms with van der Waals surface area (Å²) in [5.74, 6) is -3.11. The predicted molar refractivity (Wildman–Crippen MR) is 105 cm³/mol. The van der Waals surface area contributed by atoms with Crippen LogP contribution in [0.2, 0.25) is 0 Å². The van der Waals surface area contributed by atoms with Crippen molar-refractivity contribution >= 4 is 21.6 Å². The van der Waals surface area contributed by atoms with Gasteiger partial charge in [0.25, 0.3) is 5.91 Å². The zero-order valence-electron chi connectivity index (χ0n) is 16.4. The van der Waals surface area contributed by atoms with Gasteiger partial charge in [-0.15, -0.1) is 0 Å². The minimum absolute atomic E-state index is 0.00199. The quantitative estimate of drug-likeness (QED) is 0.632. The fraction of sp³-hybridized carbons (Fsp3) is 0.211. The predicted octanol–water partition coefficient (Wildman–Crippen LogP) is 1.93. The topological polar surface area (TPSA) is 115 Å². The third-order valence-corrected chi connectivity index (χ3v) is 6.37. The molecule has 0 fully saturated rings. The molecule has 1 amide bonds. The number of fused-ring (bicyclic) bond motifs is 1. The largest absolute Gasteiger partial charge is 0.487 e. The first-order valence-electron chi connectivity index (χ1n) is 9.00. The molecule has 0 bridgehead atoms. The van der Waals surface area contributed by atoms with Gasteiger partial charge in [0.1, 0.15) is 17.0 Å². The van der Waals surface area contributed by atoms with E-state index in [0.717, 1.165) is 12.1 Å². The second-order valence-corrected chi connectivity index (χ2v) is 8.83. The summed E-state index contributed by atoms with van der Waals surface area (Å²) in [6.07, 6.45) is 5.53. The van der Waals surface area contributed by atoms with Gasteiger partial charge < -0.3 is 14.6 Å². The van der Waals surface area contributed by atoms with Crippen LogP contribution in [0.15, 0.2) is 47.9 Å². The summed E-state index contributed by atoms with van der Waals surface area (Å²) in [5.41, 5.74) is -1.02. The Morgan fingerprint density at radius 2 is 2.06 bits per heavy atom. The van der Waals surface area contributed by atoms with Crippen molar-refractivity contribution < 1.29 is 26.7 Å². The van der Waals surface area contributed by atoms with Gasteiger partial charge in [-0.2, -0.15) is 4.72 Å². The van der Waals surface area contributed by atoms with Crippen LogP contribution in [0.4, 0.5) is 14.5 Å². The molecule has 1 aromatic carbocycles. The molecule has 0 saturated carbocycles. The Bertz CT molecular complexity index is 1280. The summed E-state index contributed by atoms with van der Waals surface area (Å²) in [5, 5.41) is 2.42. The minimum Gasteiger partial charge on any atom is -0.487 e. The fourth-order valence-electron chi connectivity index (χ4n) is 3.24. The van der Waals surface area contributed by atoms with Gasteiger partial charge in [-0.3, -0.25) is 14.8 Å².